The molecule has 0 N–H and O–H groups in total. The Labute approximate surface area is 171 Å². The smallest absolute Gasteiger partial charge is 0.418 e. The Hall–Kier alpha value is -2.47. The number of carbonyl (C=O) groups is 1. The molecule has 2 atom stereocenters. The Morgan fingerprint density at radius 2 is 1.93 bits per heavy atom. The second-order valence-corrected chi connectivity index (χ2v) is 7.84. The van der Waals surface area contributed by atoms with Gasteiger partial charge in [-0.2, -0.15) is 13.2 Å². The van der Waals surface area contributed by atoms with E-state index in [0.717, 1.165) is 5.56 Å². The summed E-state index contributed by atoms with van der Waals surface area (Å²) in [4.78, 5) is 12.7. The van der Waals surface area contributed by atoms with Gasteiger partial charge in [0.15, 0.2) is 0 Å². The largest absolute Gasteiger partial charge is 0.465 e. The monoisotopic (exact) mass is 421 g/mol. The number of rotatable bonds is 3. The second kappa shape index (κ2) is 6.80. The van der Waals surface area contributed by atoms with Gasteiger partial charge in [0.2, 0.25) is 0 Å². The first-order chi connectivity index (χ1) is 13.7. The highest BCUT2D eigenvalue weighted by molar-refractivity contribution is 6.31. The van der Waals surface area contributed by atoms with Gasteiger partial charge in [-0.1, -0.05) is 41.9 Å². The molecule has 7 heteroatoms. The van der Waals surface area contributed by atoms with Crippen molar-refractivity contribution in [2.75, 3.05) is 6.61 Å². The average Bonchev–Trinajstić information content (AvgIpc) is 3.16. The molecule has 4 rings (SSSR count). The fourth-order valence-electron chi connectivity index (χ4n) is 4.51. The van der Waals surface area contributed by atoms with Crippen LogP contribution < -0.4 is 0 Å². The highest BCUT2D eigenvalue weighted by atomic mass is 35.5. The van der Waals surface area contributed by atoms with Crippen molar-refractivity contribution < 1.29 is 22.7 Å². The molecule has 0 saturated carbocycles. The first-order valence-corrected chi connectivity index (χ1v) is 9.70. The molecule has 0 fully saturated rings. The lowest BCUT2D eigenvalue weighted by Gasteiger charge is -2.29. The minimum absolute atomic E-state index is 0.00356. The molecule has 0 spiro atoms. The van der Waals surface area contributed by atoms with Crippen LogP contribution in [-0.2, 0) is 21.2 Å². The van der Waals surface area contributed by atoms with Gasteiger partial charge < -0.3 is 9.30 Å². The number of alkyl halides is 3. The van der Waals surface area contributed by atoms with Crippen LogP contribution in [0.1, 0.15) is 43.0 Å². The fraction of sp³-hybridized carbons (Fsp3) is 0.318. The molecule has 2 aromatic carbocycles. The van der Waals surface area contributed by atoms with Crippen molar-refractivity contribution in [2.24, 2.45) is 0 Å². The lowest BCUT2D eigenvalue weighted by atomic mass is 9.85. The van der Waals surface area contributed by atoms with Crippen LogP contribution in [0.4, 0.5) is 13.2 Å². The van der Waals surface area contributed by atoms with E-state index < -0.39 is 29.2 Å². The normalized spacial score (nSPS) is 21.4. The molecule has 0 bridgehead atoms. The molecule has 2 heterocycles. The Morgan fingerprint density at radius 3 is 2.55 bits per heavy atom. The zero-order chi connectivity index (χ0) is 21.0. The minimum atomic E-state index is -4.64. The van der Waals surface area contributed by atoms with Crippen LogP contribution in [0.5, 0.6) is 0 Å². The predicted molar refractivity (Wildman–Crippen MR) is 105 cm³/mol. The number of nitrogens with zero attached hydrogens (tertiary/aromatic N) is 1. The zero-order valence-electron chi connectivity index (χ0n) is 15.9. The van der Waals surface area contributed by atoms with E-state index in [4.69, 9.17) is 16.3 Å². The van der Waals surface area contributed by atoms with Crippen molar-refractivity contribution in [1.82, 2.24) is 4.57 Å². The van der Waals surface area contributed by atoms with Gasteiger partial charge in [-0.3, -0.25) is 4.79 Å². The molecule has 1 aliphatic rings. The van der Waals surface area contributed by atoms with E-state index in [1.807, 2.05) is 37.3 Å². The first kappa shape index (κ1) is 19.8. The van der Waals surface area contributed by atoms with Gasteiger partial charge in [0, 0.05) is 21.6 Å². The Morgan fingerprint density at radius 1 is 1.24 bits per heavy atom. The van der Waals surface area contributed by atoms with Crippen LogP contribution in [0.3, 0.4) is 0 Å². The van der Waals surface area contributed by atoms with Crippen LogP contribution in [0.25, 0.3) is 10.9 Å². The van der Waals surface area contributed by atoms with Crippen molar-refractivity contribution in [2.45, 2.75) is 37.9 Å². The summed E-state index contributed by atoms with van der Waals surface area (Å²) in [6, 6.07) is 13.7. The van der Waals surface area contributed by atoms with Crippen molar-refractivity contribution in [1.29, 1.82) is 0 Å². The van der Waals surface area contributed by atoms with Crippen molar-refractivity contribution >= 4 is 28.5 Å². The summed E-state index contributed by atoms with van der Waals surface area (Å²) >= 11 is 6.03. The molecule has 0 radical (unpaired) electrons. The fourth-order valence-corrected chi connectivity index (χ4v) is 4.68. The Balaban J connectivity index is 2.11. The zero-order valence-corrected chi connectivity index (χ0v) is 16.6. The van der Waals surface area contributed by atoms with Crippen LogP contribution in [0.2, 0.25) is 5.02 Å². The maximum atomic E-state index is 14.2. The highest BCUT2D eigenvalue weighted by Crippen LogP contribution is 2.54. The molecule has 3 aromatic rings. The number of carbonyl (C=O) groups excluding carboxylic acids is 1. The van der Waals surface area contributed by atoms with E-state index in [2.05, 4.69) is 0 Å². The molecular weight excluding hydrogens is 403 g/mol. The predicted octanol–water partition coefficient (Wildman–Crippen LogP) is 6.13. The van der Waals surface area contributed by atoms with Gasteiger partial charge in [0.25, 0.3) is 0 Å². The molecule has 0 amide bonds. The molecular formula is C22H19ClF3NO2. The van der Waals surface area contributed by atoms with Gasteiger partial charge >= 0.3 is 12.1 Å². The minimum Gasteiger partial charge on any atom is -0.465 e. The van der Waals surface area contributed by atoms with Gasteiger partial charge in [0.1, 0.15) is 5.92 Å². The van der Waals surface area contributed by atoms with Crippen LogP contribution in [0.15, 0.2) is 48.5 Å². The number of ether oxygens (including phenoxy) is 1. The van der Waals surface area contributed by atoms with E-state index >= 15 is 0 Å². The lowest BCUT2D eigenvalue weighted by molar-refractivity contribution is -0.146. The molecule has 152 valence electrons. The van der Waals surface area contributed by atoms with Crippen molar-refractivity contribution in [3.8, 4) is 0 Å². The van der Waals surface area contributed by atoms with E-state index in [1.165, 1.54) is 6.07 Å². The summed E-state index contributed by atoms with van der Waals surface area (Å²) in [6.45, 7) is 3.60. The van der Waals surface area contributed by atoms with Gasteiger partial charge in [-0.25, -0.2) is 0 Å². The summed E-state index contributed by atoms with van der Waals surface area (Å²) in [5.74, 6) is -1.67. The number of aromatic nitrogens is 1. The average molecular weight is 422 g/mol. The van der Waals surface area contributed by atoms with Crippen molar-refractivity contribution in [3.63, 3.8) is 0 Å². The molecule has 1 aromatic heterocycles. The summed E-state index contributed by atoms with van der Waals surface area (Å²) in [7, 11) is 0. The SMILES string of the molecule is CCOC(=O)C1CC(C)(c2ccccc2)n2c1c(C(F)(F)F)c1cc(Cl)ccc12. The summed E-state index contributed by atoms with van der Waals surface area (Å²) in [6.07, 6.45) is -4.46. The van der Waals surface area contributed by atoms with E-state index in [-0.39, 0.29) is 29.1 Å². The quantitative estimate of drug-likeness (QED) is 0.476. The maximum Gasteiger partial charge on any atom is 0.418 e. The van der Waals surface area contributed by atoms with E-state index in [0.29, 0.717) is 5.52 Å². The summed E-state index contributed by atoms with van der Waals surface area (Å²) < 4.78 is 49.4. The van der Waals surface area contributed by atoms with Gasteiger partial charge in [-0.15, -0.1) is 0 Å². The number of hydrogen-bond donors (Lipinski definition) is 0. The molecule has 3 nitrogen and oxygen atoms in total. The van der Waals surface area contributed by atoms with Crippen molar-refractivity contribution in [3.05, 3.63) is 70.4 Å². The van der Waals surface area contributed by atoms with E-state index in [1.54, 1.807) is 23.6 Å². The number of esters is 1. The van der Waals surface area contributed by atoms with Gasteiger partial charge in [0.05, 0.1) is 17.7 Å². The molecule has 1 aliphatic heterocycles. The highest BCUT2D eigenvalue weighted by Gasteiger charge is 2.52. The number of benzene rings is 2. The number of hydrogen-bond acceptors (Lipinski definition) is 2. The first-order valence-electron chi connectivity index (χ1n) is 9.32. The third-order valence-corrected chi connectivity index (χ3v) is 5.88. The Kier molecular flexibility index (Phi) is 4.65. The maximum absolute atomic E-state index is 14.2. The second-order valence-electron chi connectivity index (χ2n) is 7.40. The number of halogens is 4. The third-order valence-electron chi connectivity index (χ3n) is 5.64. The molecule has 0 aliphatic carbocycles. The number of fused-ring (bicyclic) bond motifs is 3. The summed E-state index contributed by atoms with van der Waals surface area (Å²) in [5, 5.41) is 0.206. The van der Waals surface area contributed by atoms with Crippen LogP contribution in [0, 0.1) is 0 Å². The standard InChI is InChI=1S/C22H19ClF3NO2/c1-3-29-20(28)16-12-21(2,13-7-5-4-6-8-13)27-17-10-9-14(23)11-15(17)18(19(16)27)22(24,25)26/h4-11,16H,3,12H2,1-2H3. The van der Waals surface area contributed by atoms with E-state index in [9.17, 15) is 18.0 Å². The van der Waals surface area contributed by atoms with Gasteiger partial charge in [-0.05, 0) is 44.0 Å². The Bertz CT molecular complexity index is 1090. The van der Waals surface area contributed by atoms with Crippen LogP contribution >= 0.6 is 11.6 Å². The third kappa shape index (κ3) is 3.01. The lowest BCUT2D eigenvalue weighted by Crippen LogP contribution is -2.28. The molecule has 2 unspecified atom stereocenters. The topological polar surface area (TPSA) is 31.2 Å². The summed E-state index contributed by atoms with van der Waals surface area (Å²) in [5.41, 5.74) is -0.486. The molecule has 29 heavy (non-hydrogen) atoms. The molecule has 0 saturated heterocycles. The van der Waals surface area contributed by atoms with Crippen LogP contribution in [-0.4, -0.2) is 17.1 Å².